The van der Waals surface area contributed by atoms with Gasteiger partial charge in [-0.2, -0.15) is 0 Å². The summed E-state index contributed by atoms with van der Waals surface area (Å²) in [6.07, 6.45) is 11.4. The molecule has 3 rings (SSSR count). The van der Waals surface area contributed by atoms with E-state index in [1.165, 1.54) is 19.3 Å². The zero-order chi connectivity index (χ0) is 16.3. The first-order chi connectivity index (χ1) is 11.1. The highest BCUT2D eigenvalue weighted by Crippen LogP contribution is 2.34. The van der Waals surface area contributed by atoms with Crippen LogP contribution in [-0.2, 0) is 0 Å². The second-order valence-corrected chi connectivity index (χ2v) is 7.50. The van der Waals surface area contributed by atoms with Crippen molar-refractivity contribution in [1.82, 2.24) is 14.9 Å². The van der Waals surface area contributed by atoms with Crippen LogP contribution < -0.4 is 4.90 Å². The van der Waals surface area contributed by atoms with Crippen LogP contribution in [0.2, 0.25) is 0 Å². The molecule has 1 N–H and O–H groups in total. The van der Waals surface area contributed by atoms with Crippen LogP contribution in [0.1, 0.15) is 56.6 Å². The van der Waals surface area contributed by atoms with Gasteiger partial charge in [0.2, 0.25) is 0 Å². The van der Waals surface area contributed by atoms with Crippen molar-refractivity contribution in [2.45, 2.75) is 56.5 Å². The van der Waals surface area contributed by atoms with Gasteiger partial charge in [0, 0.05) is 39.0 Å². The summed E-state index contributed by atoms with van der Waals surface area (Å²) in [6, 6.07) is 0. The van der Waals surface area contributed by atoms with Gasteiger partial charge in [0.1, 0.15) is 5.82 Å². The topological polar surface area (TPSA) is 52.5 Å². The second-order valence-electron chi connectivity index (χ2n) is 7.50. The van der Waals surface area contributed by atoms with Crippen molar-refractivity contribution in [1.29, 1.82) is 0 Å². The zero-order valence-electron chi connectivity index (χ0n) is 14.5. The van der Waals surface area contributed by atoms with E-state index in [1.807, 2.05) is 14.1 Å². The Kier molecular flexibility index (Phi) is 5.17. The van der Waals surface area contributed by atoms with Gasteiger partial charge in [-0.15, -0.1) is 0 Å². The van der Waals surface area contributed by atoms with E-state index in [9.17, 15) is 5.11 Å². The highest BCUT2D eigenvalue weighted by atomic mass is 16.3. The molecular weight excluding hydrogens is 288 g/mol. The molecule has 1 aliphatic carbocycles. The molecule has 2 fully saturated rings. The highest BCUT2D eigenvalue weighted by molar-refractivity contribution is 5.43. The van der Waals surface area contributed by atoms with Gasteiger partial charge in [-0.1, -0.05) is 19.3 Å². The van der Waals surface area contributed by atoms with Gasteiger partial charge >= 0.3 is 0 Å². The Morgan fingerprint density at radius 1 is 1.13 bits per heavy atom. The molecule has 0 spiro atoms. The normalized spacial score (nSPS) is 22.9. The smallest absolute Gasteiger partial charge is 0.150 e. The first-order valence-electron chi connectivity index (χ1n) is 9.00. The van der Waals surface area contributed by atoms with Crippen LogP contribution in [0.25, 0.3) is 0 Å². The van der Waals surface area contributed by atoms with Crippen molar-refractivity contribution in [2.75, 3.05) is 38.6 Å². The number of β-amino-alcohol motifs (C(OH)–C–C–N with tert-alkyl or cyclic N) is 1. The molecule has 23 heavy (non-hydrogen) atoms. The number of likely N-dealkylation sites (tertiary alicyclic amines) is 1. The third-order valence-corrected chi connectivity index (χ3v) is 5.41. The summed E-state index contributed by atoms with van der Waals surface area (Å²) in [7, 11) is 4.06. The Bertz CT molecular complexity index is 505. The van der Waals surface area contributed by atoms with Gasteiger partial charge in [-0.25, -0.2) is 4.98 Å². The van der Waals surface area contributed by atoms with E-state index in [0.29, 0.717) is 5.92 Å². The largest absolute Gasteiger partial charge is 0.389 e. The Morgan fingerprint density at radius 2 is 1.78 bits per heavy atom. The Balaban J connectivity index is 1.58. The summed E-state index contributed by atoms with van der Waals surface area (Å²) >= 11 is 0. The molecule has 0 aromatic carbocycles. The van der Waals surface area contributed by atoms with Gasteiger partial charge in [0.25, 0.3) is 0 Å². The molecule has 1 saturated heterocycles. The van der Waals surface area contributed by atoms with Gasteiger partial charge < -0.3 is 14.9 Å². The predicted molar refractivity (Wildman–Crippen MR) is 92.8 cm³/mol. The van der Waals surface area contributed by atoms with E-state index in [1.54, 1.807) is 12.4 Å². The zero-order valence-corrected chi connectivity index (χ0v) is 14.5. The number of rotatable bonds is 4. The first kappa shape index (κ1) is 16.7. The van der Waals surface area contributed by atoms with Gasteiger partial charge in [0.15, 0.2) is 0 Å². The predicted octanol–water partition coefficient (Wildman–Crippen LogP) is 2.42. The molecule has 5 nitrogen and oxygen atoms in total. The summed E-state index contributed by atoms with van der Waals surface area (Å²) in [5, 5.41) is 10.8. The van der Waals surface area contributed by atoms with Crippen molar-refractivity contribution < 1.29 is 5.11 Å². The van der Waals surface area contributed by atoms with Gasteiger partial charge in [0.05, 0.1) is 11.3 Å². The maximum atomic E-state index is 10.8. The number of hydrogen-bond donors (Lipinski definition) is 1. The lowest BCUT2D eigenvalue weighted by molar-refractivity contribution is -0.0308. The van der Waals surface area contributed by atoms with Crippen molar-refractivity contribution in [3.05, 3.63) is 18.1 Å². The molecule has 2 heterocycles. The molecule has 0 unspecified atom stereocenters. The lowest BCUT2D eigenvalue weighted by atomic mass is 9.83. The van der Waals surface area contributed by atoms with Crippen LogP contribution in [0.15, 0.2) is 12.4 Å². The molecule has 0 atom stereocenters. The fraction of sp³-hybridized carbons (Fsp3) is 0.778. The molecule has 0 amide bonds. The average Bonchev–Trinajstić information content (AvgIpc) is 2.56. The molecule has 2 aliphatic rings. The first-order valence-corrected chi connectivity index (χ1v) is 9.00. The molecule has 128 valence electrons. The van der Waals surface area contributed by atoms with E-state index >= 15 is 0 Å². The molecule has 1 saturated carbocycles. The minimum absolute atomic E-state index is 0.438. The minimum atomic E-state index is -0.438. The van der Waals surface area contributed by atoms with Crippen molar-refractivity contribution in [2.24, 2.45) is 0 Å². The quantitative estimate of drug-likeness (QED) is 0.924. The third-order valence-electron chi connectivity index (χ3n) is 5.41. The standard InChI is InChI=1S/C18H30N4O/c1-21(2)17-16(19-10-11-20-17)15-6-12-22(13-7-15)14-18(23)8-4-3-5-9-18/h10-11,15,23H,3-9,12-14H2,1-2H3. The average molecular weight is 318 g/mol. The van der Waals surface area contributed by atoms with E-state index in [2.05, 4.69) is 19.8 Å². The summed E-state index contributed by atoms with van der Waals surface area (Å²) in [6.45, 7) is 2.95. The van der Waals surface area contributed by atoms with Crippen LogP contribution in [0, 0.1) is 0 Å². The number of nitrogens with zero attached hydrogens (tertiary/aromatic N) is 4. The maximum absolute atomic E-state index is 10.8. The Morgan fingerprint density at radius 3 is 2.43 bits per heavy atom. The fourth-order valence-electron chi connectivity index (χ4n) is 4.12. The monoisotopic (exact) mass is 318 g/mol. The molecule has 1 aromatic rings. The van der Waals surface area contributed by atoms with E-state index < -0.39 is 5.60 Å². The fourth-order valence-corrected chi connectivity index (χ4v) is 4.12. The van der Waals surface area contributed by atoms with Crippen molar-refractivity contribution >= 4 is 5.82 Å². The molecular formula is C18H30N4O. The number of hydrogen-bond acceptors (Lipinski definition) is 5. The lowest BCUT2D eigenvalue weighted by Gasteiger charge is -2.40. The molecule has 1 aliphatic heterocycles. The highest BCUT2D eigenvalue weighted by Gasteiger charge is 2.33. The third kappa shape index (κ3) is 4.01. The molecule has 5 heteroatoms. The summed E-state index contributed by atoms with van der Waals surface area (Å²) < 4.78 is 0. The molecule has 1 aromatic heterocycles. The lowest BCUT2D eigenvalue weighted by Crippen LogP contribution is -2.47. The summed E-state index contributed by atoms with van der Waals surface area (Å²) in [5.74, 6) is 1.48. The Labute approximate surface area is 139 Å². The minimum Gasteiger partial charge on any atom is -0.389 e. The number of anilines is 1. The van der Waals surface area contributed by atoms with Crippen LogP contribution in [0.3, 0.4) is 0 Å². The number of aliphatic hydroxyl groups is 1. The van der Waals surface area contributed by atoms with Gasteiger partial charge in [-0.05, 0) is 38.8 Å². The number of piperidine rings is 1. The van der Waals surface area contributed by atoms with E-state index in [-0.39, 0.29) is 0 Å². The van der Waals surface area contributed by atoms with Crippen LogP contribution in [0.5, 0.6) is 0 Å². The van der Waals surface area contributed by atoms with Crippen LogP contribution in [-0.4, -0.2) is 59.3 Å². The summed E-state index contributed by atoms with van der Waals surface area (Å²) in [5.41, 5.74) is 0.695. The van der Waals surface area contributed by atoms with Crippen LogP contribution in [0.4, 0.5) is 5.82 Å². The van der Waals surface area contributed by atoms with Crippen molar-refractivity contribution in [3.63, 3.8) is 0 Å². The second kappa shape index (κ2) is 7.14. The van der Waals surface area contributed by atoms with Crippen LogP contribution >= 0.6 is 0 Å². The SMILES string of the molecule is CN(C)c1nccnc1C1CCN(CC2(O)CCCCC2)CC1. The number of aromatic nitrogens is 2. The van der Waals surface area contributed by atoms with Gasteiger partial charge in [-0.3, -0.25) is 4.98 Å². The molecule has 0 radical (unpaired) electrons. The van der Waals surface area contributed by atoms with Crippen molar-refractivity contribution in [3.8, 4) is 0 Å². The van der Waals surface area contributed by atoms with E-state index in [0.717, 1.165) is 56.8 Å². The Hall–Kier alpha value is -1.20. The van der Waals surface area contributed by atoms with E-state index in [4.69, 9.17) is 0 Å². The summed E-state index contributed by atoms with van der Waals surface area (Å²) in [4.78, 5) is 13.6. The molecule has 0 bridgehead atoms. The maximum Gasteiger partial charge on any atom is 0.150 e.